The van der Waals surface area contributed by atoms with Crippen LogP contribution in [0.4, 0.5) is 0 Å². The van der Waals surface area contributed by atoms with Crippen molar-refractivity contribution in [3.8, 4) is 0 Å². The van der Waals surface area contributed by atoms with Gasteiger partial charge in [0.2, 0.25) is 0 Å². The van der Waals surface area contributed by atoms with E-state index < -0.39 is 66.6 Å². The van der Waals surface area contributed by atoms with Gasteiger partial charge in [0.1, 0.15) is 24.4 Å². The lowest BCUT2D eigenvalue weighted by Gasteiger charge is -2.71. The standard InChI is InChI=1S/C36H62O9/c1-19(2)10-9-13-36(8,45-31-29(43)28(42)27(41)23(18-37)44-31)20-11-15-34(6)26(20)21(38)16-24-33(5)14-12-25(40)32(3,4)30(33)22(39)17-35(24,34)7/h10,20-31,37-43H,9,11-18H2,1-8H3/t20-,21+,22-,23+,24?,25-,26-,27+,28-,29+,30?,31-,33+,34-,35+,36+/m0/s1. The normalized spacial score (nSPS) is 52.2. The summed E-state index contributed by atoms with van der Waals surface area (Å²) in [7, 11) is 0. The lowest BCUT2D eigenvalue weighted by molar-refractivity contribution is -0.336. The highest BCUT2D eigenvalue weighted by atomic mass is 16.7. The Morgan fingerprint density at radius 3 is 2.18 bits per heavy atom. The summed E-state index contributed by atoms with van der Waals surface area (Å²) < 4.78 is 12.6. The molecule has 1 aliphatic heterocycles. The van der Waals surface area contributed by atoms with Gasteiger partial charge in [-0.2, -0.15) is 0 Å². The van der Waals surface area contributed by atoms with Crippen molar-refractivity contribution in [2.75, 3.05) is 6.61 Å². The molecule has 1 saturated heterocycles. The quantitative estimate of drug-likeness (QED) is 0.208. The Bertz CT molecular complexity index is 1110. The molecule has 9 heteroatoms. The maximum absolute atomic E-state index is 12.2. The Kier molecular flexibility index (Phi) is 9.56. The first-order valence-electron chi connectivity index (χ1n) is 17.4. The molecule has 5 aliphatic rings. The van der Waals surface area contributed by atoms with Gasteiger partial charge in [0, 0.05) is 0 Å². The molecule has 0 radical (unpaired) electrons. The van der Waals surface area contributed by atoms with Crippen LogP contribution >= 0.6 is 0 Å². The molecule has 2 unspecified atom stereocenters. The minimum atomic E-state index is -1.53. The molecule has 45 heavy (non-hydrogen) atoms. The lowest BCUT2D eigenvalue weighted by Crippen LogP contribution is -2.70. The molecular weight excluding hydrogens is 576 g/mol. The maximum Gasteiger partial charge on any atom is 0.187 e. The minimum absolute atomic E-state index is 0.0692. The Morgan fingerprint density at radius 1 is 0.889 bits per heavy atom. The van der Waals surface area contributed by atoms with Crippen molar-refractivity contribution >= 4 is 0 Å². The molecule has 16 atom stereocenters. The Labute approximate surface area is 270 Å². The molecule has 0 aromatic rings. The van der Waals surface area contributed by atoms with E-state index in [-0.39, 0.29) is 39.9 Å². The molecule has 0 bridgehead atoms. The highest BCUT2D eigenvalue weighted by molar-refractivity contribution is 5.21. The lowest BCUT2D eigenvalue weighted by atomic mass is 9.34. The number of fused-ring (bicyclic) bond motifs is 5. The first kappa shape index (κ1) is 35.7. The van der Waals surface area contributed by atoms with Gasteiger partial charge in [0.25, 0.3) is 0 Å². The molecule has 5 fully saturated rings. The molecule has 1 heterocycles. The van der Waals surface area contributed by atoms with Crippen LogP contribution < -0.4 is 0 Å². The third kappa shape index (κ3) is 5.39. The van der Waals surface area contributed by atoms with Crippen molar-refractivity contribution in [1.29, 1.82) is 0 Å². The average molecular weight is 639 g/mol. The van der Waals surface area contributed by atoms with Crippen molar-refractivity contribution in [1.82, 2.24) is 0 Å². The smallest absolute Gasteiger partial charge is 0.187 e. The summed E-state index contributed by atoms with van der Waals surface area (Å²) in [6.45, 7) is 16.7. The fraction of sp³-hybridized carbons (Fsp3) is 0.944. The van der Waals surface area contributed by atoms with Gasteiger partial charge in [-0.3, -0.25) is 0 Å². The molecule has 0 aromatic carbocycles. The zero-order chi connectivity index (χ0) is 33.5. The summed E-state index contributed by atoms with van der Waals surface area (Å²) in [4.78, 5) is 0. The van der Waals surface area contributed by atoms with E-state index in [4.69, 9.17) is 9.47 Å². The van der Waals surface area contributed by atoms with Gasteiger partial charge in [-0.25, -0.2) is 0 Å². The fourth-order valence-corrected chi connectivity index (χ4v) is 12.0. The molecular formula is C36H62O9. The summed E-state index contributed by atoms with van der Waals surface area (Å²) in [5.74, 6) is -0.154. The van der Waals surface area contributed by atoms with E-state index in [2.05, 4.69) is 40.7 Å². The average Bonchev–Trinajstić information content (AvgIpc) is 3.33. The Morgan fingerprint density at radius 2 is 1.56 bits per heavy atom. The number of ether oxygens (including phenoxy) is 2. The number of allylic oxidation sites excluding steroid dienone is 2. The number of aliphatic hydroxyl groups is 7. The van der Waals surface area contributed by atoms with Crippen LogP contribution in [0.15, 0.2) is 11.6 Å². The SMILES string of the molecule is CC(C)=CCC[C@@](C)(O[C@@H]1O[C@H](CO)[C@@H](O)[C@H](O)[C@H]1O)[C@H]1CC[C@@]2(C)[C@@H]1[C@H](O)CC1[C@@]3(C)CC[C@H](O)C(C)(C)C3[C@@H](O)C[C@]12C. The van der Waals surface area contributed by atoms with Crippen LogP contribution in [0.5, 0.6) is 0 Å². The van der Waals surface area contributed by atoms with Gasteiger partial charge in [-0.15, -0.1) is 0 Å². The van der Waals surface area contributed by atoms with Gasteiger partial charge in [-0.1, -0.05) is 46.3 Å². The molecule has 7 N–H and O–H groups in total. The molecule has 5 rings (SSSR count). The van der Waals surface area contributed by atoms with Crippen molar-refractivity contribution in [3.05, 3.63) is 11.6 Å². The summed E-state index contributed by atoms with van der Waals surface area (Å²) in [6.07, 6.45) is -0.678. The van der Waals surface area contributed by atoms with Crippen LogP contribution in [-0.4, -0.2) is 97.0 Å². The van der Waals surface area contributed by atoms with Gasteiger partial charge in [-0.05, 0) is 117 Å². The third-order valence-corrected chi connectivity index (χ3v) is 14.5. The van der Waals surface area contributed by atoms with Gasteiger partial charge >= 0.3 is 0 Å². The minimum Gasteiger partial charge on any atom is -0.394 e. The van der Waals surface area contributed by atoms with E-state index in [0.29, 0.717) is 32.1 Å². The molecule has 0 spiro atoms. The highest BCUT2D eigenvalue weighted by Gasteiger charge is 2.73. The summed E-state index contributed by atoms with van der Waals surface area (Å²) >= 11 is 0. The number of aliphatic hydroxyl groups excluding tert-OH is 7. The predicted octanol–water partition coefficient (Wildman–Crippen LogP) is 3.30. The molecule has 4 aliphatic carbocycles. The van der Waals surface area contributed by atoms with Crippen LogP contribution in [0, 0.1) is 45.3 Å². The van der Waals surface area contributed by atoms with Gasteiger partial charge < -0.3 is 45.2 Å². The molecule has 0 amide bonds. The van der Waals surface area contributed by atoms with Gasteiger partial charge in [0.15, 0.2) is 6.29 Å². The number of hydrogen-bond donors (Lipinski definition) is 7. The third-order valence-electron chi connectivity index (χ3n) is 14.5. The zero-order valence-corrected chi connectivity index (χ0v) is 28.8. The summed E-state index contributed by atoms with van der Waals surface area (Å²) in [5.41, 5.74) is -0.944. The van der Waals surface area contributed by atoms with E-state index in [9.17, 15) is 35.7 Å². The van der Waals surface area contributed by atoms with E-state index in [0.717, 1.165) is 19.3 Å². The second-order valence-corrected chi connectivity index (χ2v) is 17.4. The van der Waals surface area contributed by atoms with E-state index in [1.807, 2.05) is 20.8 Å². The van der Waals surface area contributed by atoms with E-state index >= 15 is 0 Å². The van der Waals surface area contributed by atoms with Crippen molar-refractivity contribution in [3.63, 3.8) is 0 Å². The summed E-state index contributed by atoms with van der Waals surface area (Å²) in [5, 5.41) is 76.9. The first-order valence-corrected chi connectivity index (χ1v) is 17.4. The predicted molar refractivity (Wildman–Crippen MR) is 170 cm³/mol. The van der Waals surface area contributed by atoms with E-state index in [1.54, 1.807) is 0 Å². The monoisotopic (exact) mass is 638 g/mol. The van der Waals surface area contributed by atoms with Crippen LogP contribution in [0.2, 0.25) is 0 Å². The number of rotatable bonds is 7. The van der Waals surface area contributed by atoms with Crippen LogP contribution in [0.3, 0.4) is 0 Å². The topological polar surface area (TPSA) is 160 Å². The second-order valence-electron chi connectivity index (χ2n) is 17.4. The Balaban J connectivity index is 1.51. The molecule has 260 valence electrons. The highest BCUT2D eigenvalue weighted by Crippen LogP contribution is 2.76. The van der Waals surface area contributed by atoms with Crippen molar-refractivity contribution in [2.24, 2.45) is 45.3 Å². The number of hydrogen-bond acceptors (Lipinski definition) is 9. The molecule has 4 saturated carbocycles. The second kappa shape index (κ2) is 12.1. The zero-order valence-electron chi connectivity index (χ0n) is 28.8. The van der Waals surface area contributed by atoms with Crippen molar-refractivity contribution in [2.45, 2.75) is 161 Å². The van der Waals surface area contributed by atoms with Crippen LogP contribution in [0.25, 0.3) is 0 Å². The molecule has 0 aromatic heterocycles. The van der Waals surface area contributed by atoms with Crippen LogP contribution in [0.1, 0.15) is 107 Å². The van der Waals surface area contributed by atoms with Crippen LogP contribution in [-0.2, 0) is 9.47 Å². The Hall–Kier alpha value is -0.620. The fourth-order valence-electron chi connectivity index (χ4n) is 12.0. The molecule has 9 nitrogen and oxygen atoms in total. The first-order chi connectivity index (χ1) is 20.8. The van der Waals surface area contributed by atoms with Crippen molar-refractivity contribution < 1.29 is 45.2 Å². The van der Waals surface area contributed by atoms with E-state index in [1.165, 1.54) is 5.57 Å². The van der Waals surface area contributed by atoms with Gasteiger partial charge in [0.05, 0.1) is 30.5 Å². The maximum atomic E-state index is 12.2. The summed E-state index contributed by atoms with van der Waals surface area (Å²) in [6, 6.07) is 0. The largest absolute Gasteiger partial charge is 0.394 e.